The predicted molar refractivity (Wildman–Crippen MR) is 79.3 cm³/mol. The van der Waals surface area contributed by atoms with Gasteiger partial charge in [0.05, 0.1) is 24.7 Å². The number of pyridine rings is 1. The largest absolute Gasteiger partial charge is 0.492 e. The molecule has 2 bridgehead atoms. The molecule has 4 heteroatoms. The molecule has 1 spiro atoms. The van der Waals surface area contributed by atoms with Gasteiger partial charge < -0.3 is 9.64 Å². The lowest BCUT2D eigenvalue weighted by molar-refractivity contribution is 0.155. The summed E-state index contributed by atoms with van der Waals surface area (Å²) in [7, 11) is 0. The quantitative estimate of drug-likeness (QED) is 0.844. The van der Waals surface area contributed by atoms with Gasteiger partial charge in [-0.1, -0.05) is 0 Å². The number of aromatic nitrogens is 1. The number of ether oxygens (including phenoxy) is 1. The van der Waals surface area contributed by atoms with Crippen molar-refractivity contribution in [2.24, 2.45) is 5.92 Å². The van der Waals surface area contributed by atoms with E-state index in [1.165, 1.54) is 44.6 Å². The third-order valence-corrected chi connectivity index (χ3v) is 5.33. The summed E-state index contributed by atoms with van der Waals surface area (Å²) >= 11 is 0. The van der Waals surface area contributed by atoms with Crippen molar-refractivity contribution in [3.63, 3.8) is 0 Å². The fraction of sp³-hybridized carbons (Fsp3) is 0.688. The summed E-state index contributed by atoms with van der Waals surface area (Å²) in [5, 5.41) is 0. The zero-order valence-corrected chi connectivity index (χ0v) is 12.2. The Morgan fingerprint density at radius 3 is 3.10 bits per heavy atom. The standard InChI is InChI=1S/C16H23N3O/c1-2-20-15-7-14(9-17-10-15)18-6-4-16(12-18)8-13-3-5-19(16)11-13/h7,9-10,13H,2-6,8,11-12H2,1H3/t13-,16-/m1/s1. The van der Waals surface area contributed by atoms with E-state index in [1.54, 1.807) is 6.20 Å². The minimum Gasteiger partial charge on any atom is -0.492 e. The number of fused-ring (bicyclic) bond motifs is 3. The maximum Gasteiger partial charge on any atom is 0.139 e. The highest BCUT2D eigenvalue weighted by Gasteiger charge is 2.52. The van der Waals surface area contributed by atoms with Gasteiger partial charge in [0.1, 0.15) is 5.75 Å². The third-order valence-electron chi connectivity index (χ3n) is 5.33. The first-order valence-electron chi connectivity index (χ1n) is 7.87. The molecule has 4 heterocycles. The molecule has 3 aliphatic heterocycles. The van der Waals surface area contributed by atoms with Crippen molar-refractivity contribution in [2.75, 3.05) is 37.7 Å². The maximum atomic E-state index is 5.57. The molecule has 0 amide bonds. The van der Waals surface area contributed by atoms with E-state index in [4.69, 9.17) is 4.74 Å². The zero-order valence-electron chi connectivity index (χ0n) is 12.2. The average Bonchev–Trinajstić information content (AvgIpc) is 3.16. The molecular weight excluding hydrogens is 250 g/mol. The Kier molecular flexibility index (Phi) is 2.88. The molecule has 3 fully saturated rings. The first kappa shape index (κ1) is 12.5. The van der Waals surface area contributed by atoms with Crippen molar-refractivity contribution >= 4 is 5.69 Å². The maximum absolute atomic E-state index is 5.57. The van der Waals surface area contributed by atoms with Crippen LogP contribution in [0.4, 0.5) is 5.69 Å². The fourth-order valence-corrected chi connectivity index (χ4v) is 4.42. The molecule has 0 saturated carbocycles. The van der Waals surface area contributed by atoms with Crippen molar-refractivity contribution < 1.29 is 4.74 Å². The smallest absolute Gasteiger partial charge is 0.139 e. The summed E-state index contributed by atoms with van der Waals surface area (Å²) < 4.78 is 5.57. The topological polar surface area (TPSA) is 28.6 Å². The van der Waals surface area contributed by atoms with E-state index in [0.29, 0.717) is 12.1 Å². The molecule has 0 N–H and O–H groups in total. The average molecular weight is 273 g/mol. The van der Waals surface area contributed by atoms with Crippen molar-refractivity contribution in [1.82, 2.24) is 9.88 Å². The SMILES string of the molecule is CCOc1cncc(N2CC[C@@]3(C[C@H]4CCN3C4)C2)c1. The fourth-order valence-electron chi connectivity index (χ4n) is 4.42. The van der Waals surface area contributed by atoms with Crippen LogP contribution < -0.4 is 9.64 Å². The molecule has 20 heavy (non-hydrogen) atoms. The van der Waals surface area contributed by atoms with E-state index in [-0.39, 0.29) is 0 Å². The minimum absolute atomic E-state index is 0.463. The molecule has 4 rings (SSSR count). The lowest BCUT2D eigenvalue weighted by atomic mass is 9.87. The van der Waals surface area contributed by atoms with Crippen molar-refractivity contribution in [2.45, 2.75) is 31.7 Å². The zero-order chi connectivity index (χ0) is 13.6. The van der Waals surface area contributed by atoms with Gasteiger partial charge in [0.2, 0.25) is 0 Å². The number of rotatable bonds is 3. The van der Waals surface area contributed by atoms with Crippen LogP contribution >= 0.6 is 0 Å². The molecule has 4 nitrogen and oxygen atoms in total. The molecule has 1 unspecified atom stereocenters. The molecular formula is C16H23N3O. The van der Waals surface area contributed by atoms with Gasteiger partial charge in [0, 0.05) is 31.2 Å². The second kappa shape index (κ2) is 4.62. The molecule has 1 aromatic rings. The van der Waals surface area contributed by atoms with Gasteiger partial charge in [-0.2, -0.15) is 0 Å². The Bertz CT molecular complexity index is 506. The highest BCUT2D eigenvalue weighted by molar-refractivity contribution is 5.50. The predicted octanol–water partition coefficient (Wildman–Crippen LogP) is 2.15. The van der Waals surface area contributed by atoms with Crippen LogP contribution in [0.15, 0.2) is 18.5 Å². The number of piperidine rings is 1. The Balaban J connectivity index is 1.52. The molecule has 1 aromatic heterocycles. The van der Waals surface area contributed by atoms with Crippen LogP contribution in [0.5, 0.6) is 5.75 Å². The van der Waals surface area contributed by atoms with Gasteiger partial charge in [0.25, 0.3) is 0 Å². The van der Waals surface area contributed by atoms with Crippen LogP contribution in [0.3, 0.4) is 0 Å². The summed E-state index contributed by atoms with van der Waals surface area (Å²) in [6.07, 6.45) is 7.91. The van der Waals surface area contributed by atoms with Crippen LogP contribution in [0.25, 0.3) is 0 Å². The number of hydrogen-bond acceptors (Lipinski definition) is 4. The van der Waals surface area contributed by atoms with E-state index in [2.05, 4.69) is 20.9 Å². The molecule has 0 radical (unpaired) electrons. The van der Waals surface area contributed by atoms with E-state index in [9.17, 15) is 0 Å². The Hall–Kier alpha value is -1.29. The minimum atomic E-state index is 0.463. The van der Waals surface area contributed by atoms with E-state index in [0.717, 1.165) is 18.2 Å². The summed E-state index contributed by atoms with van der Waals surface area (Å²) in [5.41, 5.74) is 1.68. The third kappa shape index (κ3) is 1.89. The first-order valence-corrected chi connectivity index (χ1v) is 7.87. The molecule has 3 aliphatic rings. The first-order chi connectivity index (χ1) is 9.79. The van der Waals surface area contributed by atoms with Crippen molar-refractivity contribution in [3.8, 4) is 5.75 Å². The van der Waals surface area contributed by atoms with Gasteiger partial charge in [-0.05, 0) is 38.6 Å². The Morgan fingerprint density at radius 1 is 1.40 bits per heavy atom. The van der Waals surface area contributed by atoms with Gasteiger partial charge >= 0.3 is 0 Å². The van der Waals surface area contributed by atoms with Gasteiger partial charge in [-0.15, -0.1) is 0 Å². The Labute approximate surface area is 120 Å². The molecule has 3 saturated heterocycles. The normalized spacial score (nSPS) is 35.1. The summed E-state index contributed by atoms with van der Waals surface area (Å²) in [6, 6.07) is 2.14. The molecule has 108 valence electrons. The summed E-state index contributed by atoms with van der Waals surface area (Å²) in [4.78, 5) is 9.57. The number of anilines is 1. The summed E-state index contributed by atoms with van der Waals surface area (Å²) in [6.45, 7) is 7.69. The van der Waals surface area contributed by atoms with Crippen LogP contribution in [-0.2, 0) is 0 Å². The second-order valence-electron chi connectivity index (χ2n) is 6.51. The van der Waals surface area contributed by atoms with E-state index >= 15 is 0 Å². The number of hydrogen-bond donors (Lipinski definition) is 0. The van der Waals surface area contributed by atoms with Crippen molar-refractivity contribution in [1.29, 1.82) is 0 Å². The monoisotopic (exact) mass is 273 g/mol. The lowest BCUT2D eigenvalue weighted by Crippen LogP contribution is -2.46. The van der Waals surface area contributed by atoms with E-state index < -0.39 is 0 Å². The van der Waals surface area contributed by atoms with Crippen LogP contribution in [0.2, 0.25) is 0 Å². The highest BCUT2D eigenvalue weighted by atomic mass is 16.5. The second-order valence-corrected chi connectivity index (χ2v) is 6.51. The van der Waals surface area contributed by atoms with Crippen LogP contribution in [0.1, 0.15) is 26.2 Å². The van der Waals surface area contributed by atoms with Gasteiger partial charge in [-0.3, -0.25) is 9.88 Å². The Morgan fingerprint density at radius 2 is 2.35 bits per heavy atom. The molecule has 0 aromatic carbocycles. The lowest BCUT2D eigenvalue weighted by Gasteiger charge is -2.36. The van der Waals surface area contributed by atoms with Gasteiger partial charge in [-0.25, -0.2) is 0 Å². The van der Waals surface area contributed by atoms with Crippen LogP contribution in [-0.4, -0.2) is 48.2 Å². The summed E-state index contributed by atoms with van der Waals surface area (Å²) in [5.74, 6) is 1.85. The molecule has 3 atom stereocenters. The van der Waals surface area contributed by atoms with Gasteiger partial charge in [0.15, 0.2) is 0 Å². The van der Waals surface area contributed by atoms with Crippen LogP contribution in [0, 0.1) is 5.92 Å². The highest BCUT2D eigenvalue weighted by Crippen LogP contribution is 2.46. The number of nitrogens with zero attached hydrogens (tertiary/aromatic N) is 3. The van der Waals surface area contributed by atoms with E-state index in [1.807, 2.05) is 13.1 Å². The van der Waals surface area contributed by atoms with Crippen molar-refractivity contribution in [3.05, 3.63) is 18.5 Å². The molecule has 0 aliphatic carbocycles.